The first-order valence-corrected chi connectivity index (χ1v) is 7.50. The van der Waals surface area contributed by atoms with Crippen LogP contribution in [0.25, 0.3) is 5.69 Å². The topological polar surface area (TPSA) is 68.9 Å². The van der Waals surface area contributed by atoms with Crippen molar-refractivity contribution in [1.29, 1.82) is 0 Å². The number of nitrogens with one attached hydrogen (secondary N) is 1. The molecular weight excluding hydrogens is 276 g/mol. The third kappa shape index (κ3) is 3.30. The number of hydrogen-bond acceptors (Lipinski definition) is 4. The Bertz CT molecular complexity index is 662. The van der Waals surface area contributed by atoms with Gasteiger partial charge >= 0.3 is 0 Å². The lowest BCUT2D eigenvalue weighted by Crippen LogP contribution is -2.27. The maximum atomic E-state index is 12.0. The highest BCUT2D eigenvalue weighted by molar-refractivity contribution is 7.98. The highest BCUT2D eigenvalue weighted by Gasteiger charge is 2.09. The lowest BCUT2D eigenvalue weighted by Gasteiger charge is -2.07. The second-order valence-corrected chi connectivity index (χ2v) is 5.23. The summed E-state index contributed by atoms with van der Waals surface area (Å²) < 4.78 is 3.02. The van der Waals surface area contributed by atoms with Crippen molar-refractivity contribution in [2.45, 2.75) is 0 Å². The average Bonchev–Trinajstić information content (AvgIpc) is 2.86. The van der Waals surface area contributed by atoms with Gasteiger partial charge < -0.3 is 5.32 Å². The molecule has 0 aliphatic rings. The quantitative estimate of drug-likeness (QED) is 0.822. The zero-order valence-electron chi connectivity index (χ0n) is 11.4. The molecule has 0 aliphatic heterocycles. The van der Waals surface area contributed by atoms with Crippen molar-refractivity contribution in [2.75, 3.05) is 18.6 Å². The molecule has 0 atom stereocenters. The molecule has 2 aromatic heterocycles. The first-order valence-electron chi connectivity index (χ1n) is 6.10. The van der Waals surface area contributed by atoms with Crippen LogP contribution in [-0.2, 0) is 7.05 Å². The number of carbonyl (C=O) groups excluding carboxylic acids is 1. The van der Waals surface area contributed by atoms with Gasteiger partial charge in [-0.3, -0.25) is 18.8 Å². The van der Waals surface area contributed by atoms with E-state index >= 15 is 0 Å². The fourth-order valence-electron chi connectivity index (χ4n) is 1.72. The van der Waals surface area contributed by atoms with Crippen LogP contribution in [0.2, 0.25) is 0 Å². The minimum Gasteiger partial charge on any atom is -0.351 e. The third-order valence-electron chi connectivity index (χ3n) is 2.73. The molecule has 0 fully saturated rings. The lowest BCUT2D eigenvalue weighted by atomic mass is 10.2. The largest absolute Gasteiger partial charge is 0.351 e. The minimum absolute atomic E-state index is 0.184. The van der Waals surface area contributed by atoms with E-state index in [1.165, 1.54) is 22.9 Å². The Balaban J connectivity index is 2.25. The van der Waals surface area contributed by atoms with Gasteiger partial charge in [0.25, 0.3) is 11.5 Å². The summed E-state index contributed by atoms with van der Waals surface area (Å²) >= 11 is 1.66. The fourth-order valence-corrected chi connectivity index (χ4v) is 2.03. The van der Waals surface area contributed by atoms with Gasteiger partial charge in [-0.2, -0.15) is 16.9 Å². The monoisotopic (exact) mass is 292 g/mol. The standard InChI is InChI=1S/C13H16N4O2S/c1-16-9-11(7-15-16)17-8-10(3-4-12(17)18)13(19)14-5-6-20-2/h3-4,7-9H,5-6H2,1-2H3,(H,14,19). The number of thioether (sulfide) groups is 1. The predicted molar refractivity (Wildman–Crippen MR) is 79.5 cm³/mol. The van der Waals surface area contributed by atoms with Crippen molar-refractivity contribution in [3.8, 4) is 5.69 Å². The summed E-state index contributed by atoms with van der Waals surface area (Å²) in [7, 11) is 1.77. The van der Waals surface area contributed by atoms with Crippen LogP contribution in [-0.4, -0.2) is 38.8 Å². The van der Waals surface area contributed by atoms with Gasteiger partial charge in [-0.25, -0.2) is 0 Å². The molecule has 0 bridgehead atoms. The maximum absolute atomic E-state index is 12.0. The number of hydrogen-bond donors (Lipinski definition) is 1. The Morgan fingerprint density at radius 3 is 2.85 bits per heavy atom. The number of pyridine rings is 1. The number of aromatic nitrogens is 3. The predicted octanol–water partition coefficient (Wildman–Crippen LogP) is 0.664. The molecule has 0 saturated carbocycles. The Morgan fingerprint density at radius 2 is 2.20 bits per heavy atom. The molecule has 20 heavy (non-hydrogen) atoms. The van der Waals surface area contributed by atoms with Gasteiger partial charge in [0.1, 0.15) is 0 Å². The van der Waals surface area contributed by atoms with Crippen molar-refractivity contribution in [3.05, 3.63) is 46.6 Å². The van der Waals surface area contributed by atoms with Crippen LogP contribution >= 0.6 is 11.8 Å². The summed E-state index contributed by atoms with van der Waals surface area (Å²) in [6, 6.07) is 2.92. The molecule has 0 radical (unpaired) electrons. The molecule has 7 heteroatoms. The molecule has 106 valence electrons. The molecule has 0 aromatic carbocycles. The summed E-state index contributed by atoms with van der Waals surface area (Å²) in [5.41, 5.74) is 0.893. The molecular formula is C13H16N4O2S. The molecule has 0 unspecified atom stereocenters. The Morgan fingerprint density at radius 1 is 1.40 bits per heavy atom. The number of nitrogens with zero attached hydrogens (tertiary/aromatic N) is 3. The van der Waals surface area contributed by atoms with Gasteiger partial charge in [0.05, 0.1) is 17.4 Å². The molecule has 2 heterocycles. The van der Waals surface area contributed by atoms with E-state index in [-0.39, 0.29) is 11.5 Å². The Kier molecular flexibility index (Phi) is 4.62. The van der Waals surface area contributed by atoms with Gasteiger partial charge in [-0.1, -0.05) is 0 Å². The Hall–Kier alpha value is -2.02. The second kappa shape index (κ2) is 6.42. The van der Waals surface area contributed by atoms with Crippen LogP contribution in [0, 0.1) is 0 Å². The number of aryl methyl sites for hydroxylation is 1. The summed E-state index contributed by atoms with van der Waals surface area (Å²) in [6.45, 7) is 0.603. The molecule has 1 amide bonds. The van der Waals surface area contributed by atoms with Crippen molar-refractivity contribution < 1.29 is 4.79 Å². The van der Waals surface area contributed by atoms with Crippen molar-refractivity contribution >= 4 is 17.7 Å². The van der Waals surface area contributed by atoms with Crippen LogP contribution in [0.5, 0.6) is 0 Å². The molecule has 0 aliphatic carbocycles. The highest BCUT2D eigenvalue weighted by atomic mass is 32.2. The number of rotatable bonds is 5. The molecule has 2 aromatic rings. The van der Waals surface area contributed by atoms with Crippen LogP contribution < -0.4 is 10.9 Å². The first-order chi connectivity index (χ1) is 9.61. The van der Waals surface area contributed by atoms with Gasteiger partial charge in [0.2, 0.25) is 0 Å². The second-order valence-electron chi connectivity index (χ2n) is 4.25. The van der Waals surface area contributed by atoms with Crippen molar-refractivity contribution in [2.24, 2.45) is 7.05 Å². The summed E-state index contributed by atoms with van der Waals surface area (Å²) in [5.74, 6) is 0.672. The maximum Gasteiger partial charge on any atom is 0.255 e. The number of amides is 1. The van der Waals surface area contributed by atoms with E-state index in [2.05, 4.69) is 10.4 Å². The minimum atomic E-state index is -0.196. The lowest BCUT2D eigenvalue weighted by molar-refractivity contribution is 0.0955. The van der Waals surface area contributed by atoms with Crippen molar-refractivity contribution in [3.63, 3.8) is 0 Å². The van der Waals surface area contributed by atoms with Crippen molar-refractivity contribution in [1.82, 2.24) is 19.7 Å². The van der Waals surface area contributed by atoms with E-state index in [0.29, 0.717) is 17.8 Å². The Labute approximate surface area is 120 Å². The number of carbonyl (C=O) groups is 1. The SMILES string of the molecule is CSCCNC(=O)c1ccc(=O)n(-c2cnn(C)c2)c1. The summed E-state index contributed by atoms with van der Waals surface area (Å²) in [6.07, 6.45) is 6.82. The van der Waals surface area contributed by atoms with E-state index in [9.17, 15) is 9.59 Å². The molecule has 1 N–H and O–H groups in total. The molecule has 2 rings (SSSR count). The fraction of sp³-hybridized carbons (Fsp3) is 0.308. The van der Waals surface area contributed by atoms with E-state index in [4.69, 9.17) is 0 Å². The van der Waals surface area contributed by atoms with Gasteiger partial charge in [-0.05, 0) is 12.3 Å². The van der Waals surface area contributed by atoms with E-state index < -0.39 is 0 Å². The van der Waals surface area contributed by atoms with Gasteiger partial charge in [-0.15, -0.1) is 0 Å². The van der Waals surface area contributed by atoms with Gasteiger partial charge in [0.15, 0.2) is 0 Å². The smallest absolute Gasteiger partial charge is 0.255 e. The zero-order valence-corrected chi connectivity index (χ0v) is 12.2. The molecule has 0 saturated heterocycles. The highest BCUT2D eigenvalue weighted by Crippen LogP contribution is 2.05. The van der Waals surface area contributed by atoms with E-state index in [0.717, 1.165) is 5.75 Å². The van der Waals surface area contributed by atoms with E-state index in [1.807, 2.05) is 6.26 Å². The van der Waals surface area contributed by atoms with Crippen LogP contribution in [0.1, 0.15) is 10.4 Å². The normalized spacial score (nSPS) is 10.5. The third-order valence-corrected chi connectivity index (χ3v) is 3.35. The van der Waals surface area contributed by atoms with Crippen LogP contribution in [0.4, 0.5) is 0 Å². The van der Waals surface area contributed by atoms with Crippen LogP contribution in [0.15, 0.2) is 35.5 Å². The zero-order chi connectivity index (χ0) is 14.5. The van der Waals surface area contributed by atoms with Crippen LogP contribution in [0.3, 0.4) is 0 Å². The van der Waals surface area contributed by atoms with E-state index in [1.54, 1.807) is 35.9 Å². The first kappa shape index (κ1) is 14.4. The van der Waals surface area contributed by atoms with Gasteiger partial charge in [0, 0.05) is 37.8 Å². The average molecular weight is 292 g/mol. The molecule has 6 nitrogen and oxygen atoms in total. The summed E-state index contributed by atoms with van der Waals surface area (Å²) in [4.78, 5) is 23.8. The summed E-state index contributed by atoms with van der Waals surface area (Å²) in [5, 5.41) is 6.83. The molecule has 0 spiro atoms.